The Morgan fingerprint density at radius 2 is 1.51 bits per heavy atom. The van der Waals surface area contributed by atoms with Gasteiger partial charge in [-0.3, -0.25) is 24.0 Å². The van der Waals surface area contributed by atoms with Gasteiger partial charge in [0.15, 0.2) is 5.78 Å². The zero-order valence-corrected chi connectivity index (χ0v) is 25.3. The van der Waals surface area contributed by atoms with Crippen LogP contribution in [0.25, 0.3) is 0 Å². The Morgan fingerprint density at radius 1 is 1.00 bits per heavy atom. The van der Waals surface area contributed by atoms with Crippen molar-refractivity contribution in [3.63, 3.8) is 0 Å². The molecule has 0 unspecified atom stereocenters. The number of carbonyl (C=O) groups excluding carboxylic acids is 5. The van der Waals surface area contributed by atoms with Gasteiger partial charge in [0, 0.05) is 14.0 Å². The van der Waals surface area contributed by atoms with Crippen LogP contribution in [0, 0.1) is 17.8 Å². The van der Waals surface area contributed by atoms with Crippen LogP contribution < -0.4 is 11.1 Å². The molecule has 11 heteroatoms. The van der Waals surface area contributed by atoms with Crippen molar-refractivity contribution in [1.82, 2.24) is 15.1 Å². The van der Waals surface area contributed by atoms with E-state index >= 15 is 0 Å². The van der Waals surface area contributed by atoms with Gasteiger partial charge in [-0.25, -0.2) is 0 Å². The number of Topliss-reactive ketones (excluding diaryl/α,β-unsaturated/α-hetero) is 1. The molecule has 0 aromatic rings. The van der Waals surface area contributed by atoms with Gasteiger partial charge < -0.3 is 30.7 Å². The SMILES string of the molecule is CC[C@H](C)[C@H](NC(=O)[C@H]([C@@H](C)CC)N(C)C(C)=O)C(=O)N([C@H](C(N)=O)[C@@H](C)O)[C@@H](CC(C)C)C(=O)[C@@]1(C)CO1. The molecule has 1 rings (SSSR count). The molecule has 1 aliphatic rings. The predicted molar refractivity (Wildman–Crippen MR) is 147 cm³/mol. The normalized spacial score (nSPS) is 22.1. The smallest absolute Gasteiger partial charge is 0.246 e. The van der Waals surface area contributed by atoms with Crippen LogP contribution in [0.1, 0.15) is 81.6 Å². The van der Waals surface area contributed by atoms with Gasteiger partial charge in [-0.2, -0.15) is 0 Å². The first-order valence-corrected chi connectivity index (χ1v) is 14.0. The predicted octanol–water partition coefficient (Wildman–Crippen LogP) is 1.25. The highest BCUT2D eigenvalue weighted by molar-refractivity contribution is 6.00. The molecule has 4 amide bonds. The maximum Gasteiger partial charge on any atom is 0.246 e. The Kier molecular flexibility index (Phi) is 12.6. The van der Waals surface area contributed by atoms with Gasteiger partial charge in [-0.1, -0.05) is 54.4 Å². The fourth-order valence-electron chi connectivity index (χ4n) is 4.81. The summed E-state index contributed by atoms with van der Waals surface area (Å²) in [6.07, 6.45) is -0.0875. The van der Waals surface area contributed by atoms with E-state index in [2.05, 4.69) is 5.32 Å². The third-order valence-corrected chi connectivity index (χ3v) is 7.88. The van der Waals surface area contributed by atoms with Crippen LogP contribution in [0.5, 0.6) is 0 Å². The van der Waals surface area contributed by atoms with E-state index in [0.717, 1.165) is 4.90 Å². The average Bonchev–Trinajstić information content (AvgIpc) is 3.60. The Morgan fingerprint density at radius 3 is 1.87 bits per heavy atom. The number of nitrogens with one attached hydrogen (secondary N) is 1. The lowest BCUT2D eigenvalue weighted by Crippen LogP contribution is -2.66. The number of primary amides is 1. The zero-order chi connectivity index (χ0) is 30.4. The van der Waals surface area contributed by atoms with Crippen molar-refractivity contribution in [3.05, 3.63) is 0 Å². The third kappa shape index (κ3) is 8.48. The fourth-order valence-corrected chi connectivity index (χ4v) is 4.81. The Hall–Kier alpha value is -2.53. The first-order valence-electron chi connectivity index (χ1n) is 14.0. The maximum atomic E-state index is 14.4. The van der Waals surface area contributed by atoms with E-state index in [0.29, 0.717) is 12.8 Å². The molecule has 11 nitrogen and oxygen atoms in total. The summed E-state index contributed by atoms with van der Waals surface area (Å²) in [5, 5.41) is 13.4. The number of amides is 4. The van der Waals surface area contributed by atoms with Crippen LogP contribution in [0.15, 0.2) is 0 Å². The third-order valence-electron chi connectivity index (χ3n) is 7.88. The minimum atomic E-state index is -1.51. The Bertz CT molecular complexity index is 902. The van der Waals surface area contributed by atoms with Gasteiger partial charge in [0.25, 0.3) is 0 Å². The van der Waals surface area contributed by atoms with Crippen molar-refractivity contribution in [2.75, 3.05) is 13.7 Å². The van der Waals surface area contributed by atoms with Gasteiger partial charge in [-0.15, -0.1) is 0 Å². The van der Waals surface area contributed by atoms with Gasteiger partial charge in [-0.05, 0) is 38.0 Å². The van der Waals surface area contributed by atoms with Crippen molar-refractivity contribution in [2.45, 2.75) is 117 Å². The number of aliphatic hydroxyl groups is 1. The number of aliphatic hydroxyl groups excluding tert-OH is 1. The van der Waals surface area contributed by atoms with Crippen molar-refractivity contribution < 1.29 is 33.8 Å². The number of hydrogen-bond acceptors (Lipinski definition) is 7. The monoisotopic (exact) mass is 554 g/mol. The van der Waals surface area contributed by atoms with Crippen molar-refractivity contribution in [2.24, 2.45) is 23.5 Å². The molecule has 0 aliphatic carbocycles. The summed E-state index contributed by atoms with van der Waals surface area (Å²) in [5.41, 5.74) is 4.58. The van der Waals surface area contributed by atoms with Crippen molar-refractivity contribution in [3.8, 4) is 0 Å². The first kappa shape index (κ1) is 34.5. The highest BCUT2D eigenvalue weighted by Crippen LogP contribution is 2.33. The molecule has 0 bridgehead atoms. The van der Waals surface area contributed by atoms with Gasteiger partial charge >= 0.3 is 0 Å². The molecule has 1 aliphatic heterocycles. The van der Waals surface area contributed by atoms with E-state index in [9.17, 15) is 29.1 Å². The fraction of sp³-hybridized carbons (Fsp3) is 0.821. The number of hydrogen-bond donors (Lipinski definition) is 3. The highest BCUT2D eigenvalue weighted by atomic mass is 16.6. The summed E-state index contributed by atoms with van der Waals surface area (Å²) in [5.74, 6) is -3.54. The van der Waals surface area contributed by atoms with E-state index < -0.39 is 59.5 Å². The molecule has 1 fully saturated rings. The molecule has 1 saturated heterocycles. The molecule has 8 atom stereocenters. The molecule has 1 heterocycles. The van der Waals surface area contributed by atoms with E-state index in [4.69, 9.17) is 10.5 Å². The maximum absolute atomic E-state index is 14.4. The lowest BCUT2D eigenvalue weighted by molar-refractivity contribution is -0.155. The number of epoxide rings is 1. The van der Waals surface area contributed by atoms with Crippen molar-refractivity contribution >= 4 is 29.4 Å². The van der Waals surface area contributed by atoms with Crippen LogP contribution in [0.3, 0.4) is 0 Å². The number of carbonyl (C=O) groups is 5. The number of rotatable bonds is 16. The van der Waals surface area contributed by atoms with Crippen LogP contribution in [-0.2, 0) is 28.7 Å². The van der Waals surface area contributed by atoms with Crippen LogP contribution in [0.2, 0.25) is 0 Å². The standard InChI is InChI=1S/C28H50N4O7/c1-11-16(5)21(30-26(37)22(17(6)12-2)31(10)19(8)34)27(38)32(23(18(7)33)25(29)36)20(13-15(3)4)24(35)28(9)14-39-28/h15-18,20-23,33H,11-14H2,1-10H3,(H2,29,36)(H,30,37)/t16-,17-,18+,20-,21-,22-,23-,28+/m0/s1. The van der Waals surface area contributed by atoms with Crippen LogP contribution in [-0.4, -0.2) is 93.8 Å². The second-order valence-electron chi connectivity index (χ2n) is 11.7. The molecular weight excluding hydrogens is 504 g/mol. The molecule has 39 heavy (non-hydrogen) atoms. The molecule has 224 valence electrons. The number of ether oxygens (including phenoxy) is 1. The van der Waals surface area contributed by atoms with Gasteiger partial charge in [0.2, 0.25) is 23.6 Å². The van der Waals surface area contributed by atoms with Crippen LogP contribution >= 0.6 is 0 Å². The summed E-state index contributed by atoms with van der Waals surface area (Å²) >= 11 is 0. The number of nitrogens with two attached hydrogens (primary N) is 1. The van der Waals surface area contributed by atoms with E-state index in [1.807, 2.05) is 34.6 Å². The van der Waals surface area contributed by atoms with E-state index in [1.54, 1.807) is 13.8 Å². The number of nitrogens with zero attached hydrogens (tertiary/aromatic N) is 2. The van der Waals surface area contributed by atoms with E-state index in [-0.39, 0.29) is 36.6 Å². The summed E-state index contributed by atoms with van der Waals surface area (Å²) in [6, 6.07) is -4.62. The van der Waals surface area contributed by atoms with Crippen molar-refractivity contribution in [1.29, 1.82) is 0 Å². The largest absolute Gasteiger partial charge is 0.391 e. The molecule has 0 spiro atoms. The minimum Gasteiger partial charge on any atom is -0.391 e. The number of ketones is 1. The highest BCUT2D eigenvalue weighted by Gasteiger charge is 2.54. The Labute approximate surface area is 233 Å². The molecular formula is C28H50N4O7. The lowest BCUT2D eigenvalue weighted by atomic mass is 9.88. The number of likely N-dealkylation sites (N-methyl/N-ethyl adjacent to an activating group) is 1. The molecule has 0 aromatic carbocycles. The summed E-state index contributed by atoms with van der Waals surface area (Å²) in [4.78, 5) is 68.9. The zero-order valence-electron chi connectivity index (χ0n) is 25.3. The minimum absolute atomic E-state index is 0.0604. The summed E-state index contributed by atoms with van der Waals surface area (Å²) in [6.45, 7) is 15.6. The lowest BCUT2D eigenvalue weighted by Gasteiger charge is -2.42. The molecule has 0 saturated carbocycles. The summed E-state index contributed by atoms with van der Waals surface area (Å²) < 4.78 is 5.39. The Balaban J connectivity index is 3.69. The first-order chi connectivity index (χ1) is 17.9. The quantitative estimate of drug-likeness (QED) is 0.242. The van der Waals surface area contributed by atoms with Gasteiger partial charge in [0.05, 0.1) is 18.8 Å². The average molecular weight is 555 g/mol. The van der Waals surface area contributed by atoms with E-state index in [1.165, 1.54) is 25.8 Å². The second kappa shape index (κ2) is 14.2. The van der Waals surface area contributed by atoms with Gasteiger partial charge in [0.1, 0.15) is 23.7 Å². The molecule has 0 aromatic heterocycles. The molecule has 4 N–H and O–H groups in total. The van der Waals surface area contributed by atoms with Crippen LogP contribution in [0.4, 0.5) is 0 Å². The second-order valence-corrected chi connectivity index (χ2v) is 11.7. The molecule has 0 radical (unpaired) electrons. The topological polar surface area (TPSA) is 163 Å². The summed E-state index contributed by atoms with van der Waals surface area (Å²) in [7, 11) is 1.54.